The van der Waals surface area contributed by atoms with Gasteiger partial charge in [0.1, 0.15) is 11.4 Å². The van der Waals surface area contributed by atoms with Crippen molar-refractivity contribution in [2.75, 3.05) is 19.0 Å². The molecule has 1 aromatic carbocycles. The fourth-order valence-electron chi connectivity index (χ4n) is 3.58. The van der Waals surface area contributed by atoms with E-state index in [9.17, 15) is 9.59 Å². The highest BCUT2D eigenvalue weighted by molar-refractivity contribution is 7.15. The van der Waals surface area contributed by atoms with Gasteiger partial charge in [-0.25, -0.2) is 4.98 Å². The zero-order valence-corrected chi connectivity index (χ0v) is 17.9. The summed E-state index contributed by atoms with van der Waals surface area (Å²) in [4.78, 5) is 32.5. The van der Waals surface area contributed by atoms with E-state index in [1.165, 1.54) is 17.6 Å². The van der Waals surface area contributed by atoms with Crippen LogP contribution >= 0.6 is 11.3 Å². The van der Waals surface area contributed by atoms with E-state index >= 15 is 0 Å². The number of hydrogen-bond donors (Lipinski definition) is 2. The normalized spacial score (nSPS) is 13.0. The first-order chi connectivity index (χ1) is 15.6. The van der Waals surface area contributed by atoms with Crippen LogP contribution in [0.2, 0.25) is 0 Å². The average Bonchev–Trinajstić information content (AvgIpc) is 3.58. The molecule has 32 heavy (non-hydrogen) atoms. The van der Waals surface area contributed by atoms with Gasteiger partial charge in [-0.1, -0.05) is 23.5 Å². The molecule has 1 aliphatic rings. The maximum Gasteiger partial charge on any atom is 0.293 e. The fourth-order valence-corrected chi connectivity index (χ4v) is 4.60. The molecule has 162 valence electrons. The van der Waals surface area contributed by atoms with E-state index in [2.05, 4.69) is 20.5 Å². The second-order valence-electron chi connectivity index (χ2n) is 7.16. The van der Waals surface area contributed by atoms with Gasteiger partial charge in [0.25, 0.3) is 11.8 Å². The first kappa shape index (κ1) is 20.0. The van der Waals surface area contributed by atoms with Gasteiger partial charge in [-0.2, -0.15) is 5.10 Å². The lowest BCUT2D eigenvalue weighted by Crippen LogP contribution is -2.35. The minimum absolute atomic E-state index is 0.140. The van der Waals surface area contributed by atoms with Crippen LogP contribution in [0.1, 0.15) is 31.6 Å². The number of furan rings is 1. The third-order valence-corrected chi connectivity index (χ3v) is 6.17. The van der Waals surface area contributed by atoms with Crippen LogP contribution in [0.3, 0.4) is 0 Å². The Morgan fingerprint density at radius 3 is 2.94 bits per heavy atom. The molecule has 4 heterocycles. The van der Waals surface area contributed by atoms with Gasteiger partial charge in [-0.3, -0.25) is 20.0 Å². The second-order valence-corrected chi connectivity index (χ2v) is 8.25. The molecule has 9 nitrogen and oxygen atoms in total. The molecule has 1 aliphatic heterocycles. The molecule has 3 aromatic heterocycles. The molecule has 0 fully saturated rings. The predicted octanol–water partition coefficient (Wildman–Crippen LogP) is 3.59. The molecule has 0 unspecified atom stereocenters. The quantitative estimate of drug-likeness (QED) is 0.481. The second kappa shape index (κ2) is 8.31. The molecule has 4 aromatic rings. The van der Waals surface area contributed by atoms with Crippen LogP contribution in [0.4, 0.5) is 5.13 Å². The molecule has 0 radical (unpaired) electrons. The molecule has 0 spiro atoms. The Balaban J connectivity index is 1.30. The summed E-state index contributed by atoms with van der Waals surface area (Å²) in [5.74, 6) is 0.420. The Morgan fingerprint density at radius 1 is 1.25 bits per heavy atom. The van der Waals surface area contributed by atoms with Gasteiger partial charge in [0.2, 0.25) is 0 Å². The van der Waals surface area contributed by atoms with Gasteiger partial charge >= 0.3 is 0 Å². The summed E-state index contributed by atoms with van der Waals surface area (Å²) >= 11 is 1.36. The largest absolute Gasteiger partial charge is 0.496 e. The zero-order valence-electron chi connectivity index (χ0n) is 17.1. The van der Waals surface area contributed by atoms with Crippen molar-refractivity contribution in [3.63, 3.8) is 0 Å². The highest BCUT2D eigenvalue weighted by Gasteiger charge is 2.27. The van der Waals surface area contributed by atoms with E-state index < -0.39 is 0 Å². The van der Waals surface area contributed by atoms with Crippen LogP contribution in [0.15, 0.2) is 53.1 Å². The number of para-hydroxylation sites is 1. The lowest BCUT2D eigenvalue weighted by molar-refractivity contribution is 0.0730. The zero-order chi connectivity index (χ0) is 22.1. The number of amides is 2. The van der Waals surface area contributed by atoms with Crippen molar-refractivity contribution >= 4 is 28.3 Å². The average molecular weight is 449 g/mol. The first-order valence-corrected chi connectivity index (χ1v) is 10.8. The summed E-state index contributed by atoms with van der Waals surface area (Å²) in [6, 6.07) is 12.5. The van der Waals surface area contributed by atoms with Gasteiger partial charge in [-0.05, 0) is 30.3 Å². The van der Waals surface area contributed by atoms with Gasteiger partial charge in [0.05, 0.1) is 31.3 Å². The third-order valence-electron chi connectivity index (χ3n) is 5.18. The number of thiazole rings is 1. The SMILES string of the molecule is COc1ccccc1-c1cc(C(=O)N2CCc3nc(NC(=O)c4ccco4)sc3C2)[nH]n1. The molecular formula is C22H19N5O4S. The number of anilines is 1. The molecule has 0 saturated heterocycles. The molecule has 10 heteroatoms. The number of benzene rings is 1. The first-order valence-electron chi connectivity index (χ1n) is 9.94. The van der Waals surface area contributed by atoms with E-state index in [0.717, 1.165) is 16.1 Å². The molecule has 2 N–H and O–H groups in total. The molecule has 0 bridgehead atoms. The van der Waals surface area contributed by atoms with Crippen molar-refractivity contribution in [3.05, 3.63) is 70.8 Å². The van der Waals surface area contributed by atoms with Gasteiger partial charge in [0, 0.05) is 23.4 Å². The number of aromatic nitrogens is 3. The predicted molar refractivity (Wildman–Crippen MR) is 118 cm³/mol. The molecule has 2 amide bonds. The summed E-state index contributed by atoms with van der Waals surface area (Å²) in [6.45, 7) is 0.954. The fraction of sp³-hybridized carbons (Fsp3) is 0.182. The molecule has 0 atom stereocenters. The molecule has 0 saturated carbocycles. The maximum absolute atomic E-state index is 13.1. The van der Waals surface area contributed by atoms with Crippen LogP contribution in [0.5, 0.6) is 5.75 Å². The number of carbonyl (C=O) groups excluding carboxylic acids is 2. The number of fused-ring (bicyclic) bond motifs is 1. The number of nitrogens with zero attached hydrogens (tertiary/aromatic N) is 3. The van der Waals surface area contributed by atoms with Crippen LogP contribution in [0.25, 0.3) is 11.3 Å². The lowest BCUT2D eigenvalue weighted by Gasteiger charge is -2.25. The Bertz CT molecular complexity index is 1280. The summed E-state index contributed by atoms with van der Waals surface area (Å²) in [5, 5.41) is 10.4. The van der Waals surface area contributed by atoms with Crippen LogP contribution in [-0.2, 0) is 13.0 Å². The van der Waals surface area contributed by atoms with E-state index in [0.29, 0.717) is 41.8 Å². The highest BCUT2D eigenvalue weighted by atomic mass is 32.1. The number of ether oxygens (including phenoxy) is 1. The number of aromatic amines is 1. The van der Waals surface area contributed by atoms with Gasteiger partial charge < -0.3 is 14.1 Å². The van der Waals surface area contributed by atoms with Crippen molar-refractivity contribution in [1.29, 1.82) is 0 Å². The summed E-state index contributed by atoms with van der Waals surface area (Å²) < 4.78 is 10.5. The molecule has 0 aliphatic carbocycles. The Morgan fingerprint density at radius 2 is 2.12 bits per heavy atom. The lowest BCUT2D eigenvalue weighted by atomic mass is 10.1. The van der Waals surface area contributed by atoms with Gasteiger partial charge in [-0.15, -0.1) is 0 Å². The Kier molecular flexibility index (Phi) is 5.20. The number of H-pyrrole nitrogens is 1. The third kappa shape index (κ3) is 3.76. The van der Waals surface area contributed by atoms with Crippen molar-refractivity contribution in [1.82, 2.24) is 20.1 Å². The van der Waals surface area contributed by atoms with Crippen LogP contribution in [0, 0.1) is 0 Å². The minimum atomic E-state index is -0.352. The van der Waals surface area contributed by atoms with Gasteiger partial charge in [0.15, 0.2) is 10.9 Å². The van der Waals surface area contributed by atoms with E-state index in [-0.39, 0.29) is 17.6 Å². The summed E-state index contributed by atoms with van der Waals surface area (Å²) in [7, 11) is 1.60. The Hall–Kier alpha value is -3.92. The van der Waals surface area contributed by atoms with Crippen molar-refractivity contribution in [2.45, 2.75) is 13.0 Å². The monoisotopic (exact) mass is 449 g/mol. The van der Waals surface area contributed by atoms with Crippen LogP contribution < -0.4 is 10.1 Å². The van der Waals surface area contributed by atoms with Crippen LogP contribution in [-0.4, -0.2) is 45.6 Å². The van der Waals surface area contributed by atoms with E-state index in [4.69, 9.17) is 9.15 Å². The number of nitrogens with one attached hydrogen (secondary N) is 2. The topological polar surface area (TPSA) is 113 Å². The highest BCUT2D eigenvalue weighted by Crippen LogP contribution is 2.31. The molecular weight excluding hydrogens is 430 g/mol. The van der Waals surface area contributed by atoms with E-state index in [1.54, 1.807) is 30.2 Å². The summed E-state index contributed by atoms with van der Waals surface area (Å²) in [5.41, 5.74) is 2.76. The maximum atomic E-state index is 13.1. The number of methoxy groups -OCH3 is 1. The molecule has 5 rings (SSSR count). The van der Waals surface area contributed by atoms with E-state index in [1.807, 2.05) is 24.3 Å². The number of carbonyl (C=O) groups is 2. The number of rotatable bonds is 5. The van der Waals surface area contributed by atoms with Crippen molar-refractivity contribution in [2.24, 2.45) is 0 Å². The Labute approximate surface area is 187 Å². The summed E-state index contributed by atoms with van der Waals surface area (Å²) in [6.07, 6.45) is 2.06. The smallest absolute Gasteiger partial charge is 0.293 e. The standard InChI is InChI=1S/C22H19N5O4S/c1-30-17-6-3-2-5-13(17)15-11-16(26-25-15)21(29)27-9-8-14-19(12-27)32-22(23-14)24-20(28)18-7-4-10-31-18/h2-7,10-11H,8-9,12H2,1H3,(H,25,26)(H,23,24,28). The minimum Gasteiger partial charge on any atom is -0.496 e. The number of hydrogen-bond acceptors (Lipinski definition) is 7. The van der Waals surface area contributed by atoms with Crippen molar-refractivity contribution < 1.29 is 18.7 Å². The van der Waals surface area contributed by atoms with Crippen molar-refractivity contribution in [3.8, 4) is 17.0 Å².